The minimum Gasteiger partial charge on any atom is -0.447 e. The van der Waals surface area contributed by atoms with Crippen molar-refractivity contribution in [2.24, 2.45) is 5.73 Å². The summed E-state index contributed by atoms with van der Waals surface area (Å²) < 4.78 is 5.03. The average Bonchev–Trinajstić information content (AvgIpc) is 2.38. The number of Topliss-reactive ketones (excluding diaryl/α,β-unsaturated/α-hetero) is 1. The molecule has 4 heteroatoms. The predicted octanol–water partition coefficient (Wildman–Crippen LogP) is 1.52. The molecule has 0 amide bonds. The topological polar surface area (TPSA) is 56.2 Å². The van der Waals surface area contributed by atoms with Crippen molar-refractivity contribution in [2.75, 3.05) is 0 Å². The number of fused-ring (bicyclic) bond motifs is 1. The van der Waals surface area contributed by atoms with Crippen LogP contribution in [0.25, 0.3) is 0 Å². The Kier molecular flexibility index (Phi) is 1.31. The molecule has 1 aliphatic rings. The number of rotatable bonds is 0. The van der Waals surface area contributed by atoms with E-state index in [0.717, 1.165) is 0 Å². The summed E-state index contributed by atoms with van der Waals surface area (Å²) in [4.78, 5) is 11.1. The Hall–Kier alpha value is -0.800. The molecule has 58 valence electrons. The molecule has 2 rings (SSSR count). The number of nitrogens with two attached hydrogens (primary N) is 1. The summed E-state index contributed by atoms with van der Waals surface area (Å²) in [5.74, 6) is 0.545. The van der Waals surface area contributed by atoms with Crippen LogP contribution in [-0.2, 0) is 0 Å². The van der Waals surface area contributed by atoms with Gasteiger partial charge in [-0.15, -0.1) is 0 Å². The number of carbonyl (C=O) groups excluding carboxylic acids is 1. The van der Waals surface area contributed by atoms with Gasteiger partial charge >= 0.3 is 0 Å². The SMILES string of the molecule is NC1CC(=O)c2cc(Cl)oc21. The van der Waals surface area contributed by atoms with Gasteiger partial charge in [-0.05, 0) is 11.6 Å². The van der Waals surface area contributed by atoms with E-state index in [1.807, 2.05) is 0 Å². The Balaban J connectivity index is 2.58. The van der Waals surface area contributed by atoms with Crippen molar-refractivity contribution in [2.45, 2.75) is 12.5 Å². The monoisotopic (exact) mass is 171 g/mol. The van der Waals surface area contributed by atoms with E-state index in [9.17, 15) is 4.79 Å². The molecule has 0 radical (unpaired) electrons. The molecule has 1 atom stereocenters. The fraction of sp³-hybridized carbons (Fsp3) is 0.286. The highest BCUT2D eigenvalue weighted by molar-refractivity contribution is 6.29. The minimum absolute atomic E-state index is 0.0168. The first-order valence-electron chi connectivity index (χ1n) is 3.26. The van der Waals surface area contributed by atoms with E-state index in [1.165, 1.54) is 6.07 Å². The molecule has 0 bridgehead atoms. The first-order chi connectivity index (χ1) is 5.18. The maximum atomic E-state index is 11.1. The van der Waals surface area contributed by atoms with Crippen molar-refractivity contribution in [3.05, 3.63) is 22.6 Å². The van der Waals surface area contributed by atoms with E-state index in [2.05, 4.69) is 0 Å². The molecule has 1 heterocycles. The zero-order chi connectivity index (χ0) is 8.01. The number of carbonyl (C=O) groups is 1. The molecular weight excluding hydrogens is 166 g/mol. The molecule has 2 N–H and O–H groups in total. The summed E-state index contributed by atoms with van der Waals surface area (Å²) in [6, 6.07) is 1.22. The van der Waals surface area contributed by atoms with Gasteiger partial charge in [0.1, 0.15) is 5.76 Å². The van der Waals surface area contributed by atoms with E-state index in [0.29, 0.717) is 17.7 Å². The van der Waals surface area contributed by atoms with Crippen LogP contribution in [0.5, 0.6) is 0 Å². The second-order valence-corrected chi connectivity index (χ2v) is 2.93. The summed E-state index contributed by atoms with van der Waals surface area (Å²) in [6.07, 6.45) is 0.339. The van der Waals surface area contributed by atoms with Crippen LogP contribution in [0, 0.1) is 0 Å². The molecule has 1 aliphatic carbocycles. The largest absolute Gasteiger partial charge is 0.447 e. The number of furan rings is 1. The Morgan fingerprint density at radius 2 is 2.45 bits per heavy atom. The fourth-order valence-electron chi connectivity index (χ4n) is 1.27. The van der Waals surface area contributed by atoms with E-state index < -0.39 is 0 Å². The molecule has 0 aliphatic heterocycles. The highest BCUT2D eigenvalue weighted by atomic mass is 35.5. The van der Waals surface area contributed by atoms with Crippen molar-refractivity contribution in [3.8, 4) is 0 Å². The lowest BCUT2D eigenvalue weighted by molar-refractivity contribution is 0.0989. The van der Waals surface area contributed by atoms with Gasteiger partial charge in [-0.1, -0.05) is 0 Å². The van der Waals surface area contributed by atoms with Gasteiger partial charge < -0.3 is 10.2 Å². The van der Waals surface area contributed by atoms with E-state index in [1.54, 1.807) is 0 Å². The van der Waals surface area contributed by atoms with Crippen LogP contribution in [0.3, 0.4) is 0 Å². The lowest BCUT2D eigenvalue weighted by Gasteiger charge is -1.95. The molecule has 0 saturated heterocycles. The third kappa shape index (κ3) is 0.886. The standard InChI is InChI=1S/C7H6ClNO2/c8-6-1-3-5(10)2-4(9)7(3)11-6/h1,4H,2,9H2. The summed E-state index contributed by atoms with van der Waals surface area (Å²) in [6.45, 7) is 0. The lowest BCUT2D eigenvalue weighted by Crippen LogP contribution is -2.05. The Morgan fingerprint density at radius 3 is 3.09 bits per heavy atom. The van der Waals surface area contributed by atoms with Crippen LogP contribution in [-0.4, -0.2) is 5.78 Å². The van der Waals surface area contributed by atoms with Gasteiger partial charge in [-0.25, -0.2) is 0 Å². The maximum Gasteiger partial charge on any atom is 0.194 e. The number of halogens is 1. The Labute approximate surface area is 68.1 Å². The van der Waals surface area contributed by atoms with Gasteiger partial charge in [-0.3, -0.25) is 4.79 Å². The molecule has 0 fully saturated rings. The molecule has 0 aromatic carbocycles. The third-order valence-corrected chi connectivity index (χ3v) is 1.96. The normalized spacial score (nSPS) is 22.4. The van der Waals surface area contributed by atoms with Crippen molar-refractivity contribution in [3.63, 3.8) is 0 Å². The highest BCUT2D eigenvalue weighted by Crippen LogP contribution is 2.33. The summed E-state index contributed by atoms with van der Waals surface area (Å²) in [5, 5.41) is 0.235. The first-order valence-corrected chi connectivity index (χ1v) is 3.64. The minimum atomic E-state index is -0.301. The highest BCUT2D eigenvalue weighted by Gasteiger charge is 2.30. The molecule has 1 aromatic heterocycles. The zero-order valence-electron chi connectivity index (χ0n) is 5.63. The van der Waals surface area contributed by atoms with E-state index in [4.69, 9.17) is 21.8 Å². The predicted molar refractivity (Wildman–Crippen MR) is 39.6 cm³/mol. The summed E-state index contributed by atoms with van der Waals surface area (Å²) >= 11 is 5.53. The molecule has 0 spiro atoms. The van der Waals surface area contributed by atoms with Crippen LogP contribution in [0.15, 0.2) is 10.5 Å². The smallest absolute Gasteiger partial charge is 0.194 e. The van der Waals surface area contributed by atoms with Gasteiger partial charge in [0.05, 0.1) is 11.6 Å². The zero-order valence-corrected chi connectivity index (χ0v) is 6.39. The van der Waals surface area contributed by atoms with E-state index in [-0.39, 0.29) is 17.0 Å². The van der Waals surface area contributed by atoms with E-state index >= 15 is 0 Å². The molecule has 1 aromatic rings. The van der Waals surface area contributed by atoms with Crippen molar-refractivity contribution >= 4 is 17.4 Å². The van der Waals surface area contributed by atoms with Gasteiger partial charge in [-0.2, -0.15) is 0 Å². The number of ketones is 1. The molecule has 11 heavy (non-hydrogen) atoms. The van der Waals surface area contributed by atoms with Crippen LogP contribution < -0.4 is 5.73 Å². The van der Waals surface area contributed by atoms with Gasteiger partial charge in [0.15, 0.2) is 11.0 Å². The van der Waals surface area contributed by atoms with Crippen LogP contribution in [0.1, 0.15) is 28.6 Å². The second-order valence-electron chi connectivity index (χ2n) is 2.56. The van der Waals surface area contributed by atoms with Gasteiger partial charge in [0, 0.05) is 12.5 Å². The Morgan fingerprint density at radius 1 is 1.73 bits per heavy atom. The number of hydrogen-bond donors (Lipinski definition) is 1. The summed E-state index contributed by atoms with van der Waals surface area (Å²) in [5.41, 5.74) is 6.12. The lowest BCUT2D eigenvalue weighted by atomic mass is 10.2. The third-order valence-electron chi connectivity index (χ3n) is 1.77. The van der Waals surface area contributed by atoms with Gasteiger partial charge in [0.25, 0.3) is 0 Å². The summed E-state index contributed by atoms with van der Waals surface area (Å²) in [7, 11) is 0. The fourth-order valence-corrected chi connectivity index (χ4v) is 1.46. The molecular formula is C7H6ClNO2. The molecule has 1 unspecified atom stereocenters. The quantitative estimate of drug-likeness (QED) is 0.644. The Bertz CT molecular complexity index is 318. The molecule has 0 saturated carbocycles. The van der Waals surface area contributed by atoms with Gasteiger partial charge in [0.2, 0.25) is 0 Å². The van der Waals surface area contributed by atoms with Crippen LogP contribution in [0.4, 0.5) is 0 Å². The number of hydrogen-bond acceptors (Lipinski definition) is 3. The first kappa shape index (κ1) is 6.88. The van der Waals surface area contributed by atoms with Crippen LogP contribution >= 0.6 is 11.6 Å². The maximum absolute atomic E-state index is 11.1. The average molecular weight is 172 g/mol. The van der Waals surface area contributed by atoms with Crippen molar-refractivity contribution in [1.82, 2.24) is 0 Å². The second kappa shape index (κ2) is 2.09. The van der Waals surface area contributed by atoms with Crippen molar-refractivity contribution in [1.29, 1.82) is 0 Å². The van der Waals surface area contributed by atoms with Crippen molar-refractivity contribution < 1.29 is 9.21 Å². The molecule has 3 nitrogen and oxygen atoms in total. The van der Waals surface area contributed by atoms with Crippen LogP contribution in [0.2, 0.25) is 5.22 Å².